The Kier molecular flexibility index (Phi) is 6.24. The molecule has 1 aliphatic heterocycles. The molecule has 0 aliphatic carbocycles. The fourth-order valence-corrected chi connectivity index (χ4v) is 3.59. The first-order valence-corrected chi connectivity index (χ1v) is 9.58. The molecule has 0 saturated carbocycles. The van der Waals surface area contributed by atoms with Crippen LogP contribution >= 0.6 is 0 Å². The van der Waals surface area contributed by atoms with Crippen LogP contribution in [-0.2, 0) is 9.59 Å². The fraction of sp³-hybridized carbons (Fsp3) is 0.364. The van der Waals surface area contributed by atoms with E-state index in [4.69, 9.17) is 0 Å². The second kappa shape index (κ2) is 8.82. The first kappa shape index (κ1) is 19.1. The van der Waals surface area contributed by atoms with E-state index in [1.165, 1.54) is 10.5 Å². The number of nitrogens with zero attached hydrogens (tertiary/aromatic N) is 1. The smallest absolute Gasteiger partial charge is 0.287 e. The molecule has 0 aromatic heterocycles. The van der Waals surface area contributed by atoms with Crippen LogP contribution in [0.4, 0.5) is 5.69 Å². The van der Waals surface area contributed by atoms with Crippen LogP contribution in [0.15, 0.2) is 54.6 Å². The Morgan fingerprint density at radius 3 is 2.19 bits per heavy atom. The third-order valence-electron chi connectivity index (χ3n) is 5.24. The number of anilines is 1. The summed E-state index contributed by atoms with van der Waals surface area (Å²) in [5.41, 5.74) is 3.07. The number of quaternary nitrogens is 1. The van der Waals surface area contributed by atoms with Gasteiger partial charge in [-0.1, -0.05) is 56.3 Å². The summed E-state index contributed by atoms with van der Waals surface area (Å²) in [6.45, 7) is 7.19. The van der Waals surface area contributed by atoms with Gasteiger partial charge in [-0.3, -0.25) is 9.59 Å². The van der Waals surface area contributed by atoms with E-state index in [9.17, 15) is 9.59 Å². The molecule has 5 heteroatoms. The average molecular weight is 366 g/mol. The van der Waals surface area contributed by atoms with Crippen molar-refractivity contribution in [3.05, 3.63) is 65.7 Å². The molecule has 1 atom stereocenters. The molecule has 1 saturated heterocycles. The molecule has 0 radical (unpaired) electrons. The van der Waals surface area contributed by atoms with Crippen LogP contribution < -0.4 is 10.2 Å². The predicted octanol–water partition coefficient (Wildman–Crippen LogP) is 1.85. The van der Waals surface area contributed by atoms with Crippen molar-refractivity contribution in [2.24, 2.45) is 0 Å². The van der Waals surface area contributed by atoms with Crippen molar-refractivity contribution in [1.29, 1.82) is 0 Å². The monoisotopic (exact) mass is 366 g/mol. The maximum Gasteiger partial charge on any atom is 0.287 e. The van der Waals surface area contributed by atoms with Crippen molar-refractivity contribution in [2.75, 3.05) is 31.5 Å². The molecule has 3 rings (SSSR count). The zero-order chi connectivity index (χ0) is 19.2. The molecule has 1 unspecified atom stereocenters. The molecule has 5 nitrogen and oxygen atoms in total. The summed E-state index contributed by atoms with van der Waals surface area (Å²) in [7, 11) is 0. The maximum absolute atomic E-state index is 13.2. The van der Waals surface area contributed by atoms with Gasteiger partial charge >= 0.3 is 0 Å². The van der Waals surface area contributed by atoms with Crippen LogP contribution in [0.1, 0.15) is 36.9 Å². The van der Waals surface area contributed by atoms with Crippen molar-refractivity contribution < 1.29 is 14.5 Å². The molecule has 0 bridgehead atoms. The summed E-state index contributed by atoms with van der Waals surface area (Å²) >= 11 is 0. The molecule has 27 heavy (non-hydrogen) atoms. The molecule has 2 N–H and O–H groups in total. The lowest BCUT2D eigenvalue weighted by molar-refractivity contribution is -0.925. The van der Waals surface area contributed by atoms with E-state index < -0.39 is 0 Å². The van der Waals surface area contributed by atoms with Gasteiger partial charge in [0.05, 0.1) is 26.2 Å². The van der Waals surface area contributed by atoms with Crippen LogP contribution in [0.2, 0.25) is 0 Å². The van der Waals surface area contributed by atoms with Gasteiger partial charge in [0.2, 0.25) is 6.41 Å². The van der Waals surface area contributed by atoms with E-state index in [1.54, 1.807) is 4.90 Å². The van der Waals surface area contributed by atoms with Gasteiger partial charge in [0.1, 0.15) is 0 Å². The minimum Gasteiger partial charge on any atom is -0.334 e. The number of amides is 2. The van der Waals surface area contributed by atoms with Gasteiger partial charge in [0.15, 0.2) is 6.04 Å². The van der Waals surface area contributed by atoms with E-state index in [0.717, 1.165) is 30.8 Å². The van der Waals surface area contributed by atoms with Gasteiger partial charge in [-0.25, -0.2) is 0 Å². The number of hydrogen-bond donors (Lipinski definition) is 2. The molecule has 1 aliphatic rings. The van der Waals surface area contributed by atoms with Gasteiger partial charge in [-0.2, -0.15) is 0 Å². The zero-order valence-corrected chi connectivity index (χ0v) is 16.0. The minimum absolute atomic E-state index is 0.00644. The Hall–Kier alpha value is -2.66. The van der Waals surface area contributed by atoms with E-state index in [-0.39, 0.29) is 11.9 Å². The van der Waals surface area contributed by atoms with Crippen molar-refractivity contribution in [2.45, 2.75) is 25.8 Å². The van der Waals surface area contributed by atoms with Gasteiger partial charge in [-0.15, -0.1) is 0 Å². The third-order valence-corrected chi connectivity index (χ3v) is 5.24. The van der Waals surface area contributed by atoms with Crippen LogP contribution in [0, 0.1) is 0 Å². The summed E-state index contributed by atoms with van der Waals surface area (Å²) in [5.74, 6) is 0.457. The SMILES string of the molecule is CC(C)c1ccc(NC(=O)C(c2ccccc2)[NH+]2CCN(C=O)CC2)cc1. The quantitative estimate of drug-likeness (QED) is 0.767. The summed E-state index contributed by atoms with van der Waals surface area (Å²) in [6, 6.07) is 17.7. The first-order chi connectivity index (χ1) is 13.1. The van der Waals surface area contributed by atoms with Crippen molar-refractivity contribution in [3.8, 4) is 0 Å². The second-order valence-corrected chi connectivity index (χ2v) is 7.41. The van der Waals surface area contributed by atoms with Crippen LogP contribution in [-0.4, -0.2) is 43.4 Å². The number of benzene rings is 2. The average Bonchev–Trinajstić information content (AvgIpc) is 2.70. The maximum atomic E-state index is 13.2. The molecule has 0 spiro atoms. The number of carbonyl (C=O) groups excluding carboxylic acids is 2. The Morgan fingerprint density at radius 2 is 1.63 bits per heavy atom. The van der Waals surface area contributed by atoms with Gasteiger partial charge in [0.25, 0.3) is 5.91 Å². The largest absolute Gasteiger partial charge is 0.334 e. The number of nitrogens with one attached hydrogen (secondary N) is 2. The molecule has 2 amide bonds. The predicted molar refractivity (Wildman–Crippen MR) is 107 cm³/mol. The lowest BCUT2D eigenvalue weighted by atomic mass is 10.0. The standard InChI is InChI=1S/C22H27N3O2/c1-17(2)18-8-10-20(11-9-18)23-22(27)21(19-6-4-3-5-7-19)25-14-12-24(16-26)13-15-25/h3-11,16-17,21H,12-15H2,1-2H3,(H,23,27)/p+1. The normalized spacial score (nSPS) is 16.2. The van der Waals surface area contributed by atoms with Gasteiger partial charge < -0.3 is 15.1 Å². The Labute approximate surface area is 161 Å². The van der Waals surface area contributed by atoms with E-state index in [0.29, 0.717) is 19.0 Å². The van der Waals surface area contributed by atoms with E-state index in [1.807, 2.05) is 42.5 Å². The van der Waals surface area contributed by atoms with Crippen LogP contribution in [0.3, 0.4) is 0 Å². The van der Waals surface area contributed by atoms with Crippen molar-refractivity contribution in [1.82, 2.24) is 4.90 Å². The number of carbonyl (C=O) groups is 2. The Bertz CT molecular complexity index is 751. The molecular formula is C22H28N3O2+. The highest BCUT2D eigenvalue weighted by Gasteiger charge is 2.34. The number of rotatable bonds is 6. The summed E-state index contributed by atoms with van der Waals surface area (Å²) < 4.78 is 0. The Balaban J connectivity index is 1.78. The molecule has 2 aromatic rings. The lowest BCUT2D eigenvalue weighted by Gasteiger charge is -2.34. The van der Waals surface area contributed by atoms with Crippen molar-refractivity contribution >= 4 is 18.0 Å². The van der Waals surface area contributed by atoms with Crippen molar-refractivity contribution in [3.63, 3.8) is 0 Å². The van der Waals surface area contributed by atoms with Gasteiger partial charge in [-0.05, 0) is 23.6 Å². The summed E-state index contributed by atoms with van der Waals surface area (Å²) in [4.78, 5) is 27.1. The highest BCUT2D eigenvalue weighted by atomic mass is 16.2. The van der Waals surface area contributed by atoms with E-state index >= 15 is 0 Å². The number of hydrogen-bond acceptors (Lipinski definition) is 2. The summed E-state index contributed by atoms with van der Waals surface area (Å²) in [5, 5.41) is 3.09. The molecular weight excluding hydrogens is 338 g/mol. The second-order valence-electron chi connectivity index (χ2n) is 7.41. The Morgan fingerprint density at radius 1 is 1.00 bits per heavy atom. The van der Waals surface area contributed by atoms with Crippen LogP contribution in [0.5, 0.6) is 0 Å². The lowest BCUT2D eigenvalue weighted by Crippen LogP contribution is -3.16. The molecule has 1 fully saturated rings. The molecule has 1 heterocycles. The first-order valence-electron chi connectivity index (χ1n) is 9.58. The van der Waals surface area contributed by atoms with Gasteiger partial charge in [0, 0.05) is 11.3 Å². The third kappa shape index (κ3) is 4.74. The fourth-order valence-electron chi connectivity index (χ4n) is 3.59. The molecule has 142 valence electrons. The van der Waals surface area contributed by atoms with Crippen LogP contribution in [0.25, 0.3) is 0 Å². The minimum atomic E-state index is -0.287. The number of piperazine rings is 1. The highest BCUT2D eigenvalue weighted by Crippen LogP contribution is 2.19. The molecule has 2 aromatic carbocycles. The topological polar surface area (TPSA) is 53.9 Å². The summed E-state index contributed by atoms with van der Waals surface area (Å²) in [6.07, 6.45) is 0.894. The highest BCUT2D eigenvalue weighted by molar-refractivity contribution is 5.94. The van der Waals surface area contributed by atoms with E-state index in [2.05, 4.69) is 31.3 Å². The zero-order valence-electron chi connectivity index (χ0n) is 16.0.